The molecule has 0 spiro atoms. The first-order valence-corrected chi connectivity index (χ1v) is 7.48. The second-order valence-electron chi connectivity index (χ2n) is 4.36. The lowest BCUT2D eigenvalue weighted by Crippen LogP contribution is -2.20. The summed E-state index contributed by atoms with van der Waals surface area (Å²) in [6.45, 7) is 0. The Labute approximate surface area is 109 Å². The number of benzene rings is 1. The van der Waals surface area contributed by atoms with Crippen molar-refractivity contribution in [3.63, 3.8) is 0 Å². The molecule has 3 unspecified atom stereocenters. The Bertz CT molecular complexity index is 451. The fraction of sp³-hybridized carbons (Fsp3) is 0.462. The molecule has 17 heavy (non-hydrogen) atoms. The summed E-state index contributed by atoms with van der Waals surface area (Å²) in [6.07, 6.45) is 2.83. The molecule has 0 heterocycles. The van der Waals surface area contributed by atoms with E-state index < -0.39 is 10.8 Å². The molecule has 1 fully saturated rings. The molecule has 0 radical (unpaired) electrons. The van der Waals surface area contributed by atoms with Crippen LogP contribution in [-0.2, 0) is 16.6 Å². The molecule has 4 heteroatoms. The van der Waals surface area contributed by atoms with E-state index >= 15 is 0 Å². The fourth-order valence-corrected chi connectivity index (χ4v) is 4.09. The Morgan fingerprint density at radius 2 is 2.06 bits per heavy atom. The maximum absolute atomic E-state index is 12.2. The highest BCUT2D eigenvalue weighted by Crippen LogP contribution is 2.30. The van der Waals surface area contributed by atoms with Gasteiger partial charge in [-0.05, 0) is 30.5 Å². The lowest BCUT2D eigenvalue weighted by molar-refractivity contribution is 0.645. The summed E-state index contributed by atoms with van der Waals surface area (Å²) >= 11 is 5.80. The second-order valence-corrected chi connectivity index (χ2v) is 6.45. The zero-order valence-corrected chi connectivity index (χ0v) is 11.0. The standard InChI is InChI=1S/C13H14ClNOS/c14-12-6-4-10(5-7-12)9-17(16)13-3-1-2-11(13)8-15/h4-7,11,13H,1-3,9H2. The minimum absolute atomic E-state index is 0.0249. The quantitative estimate of drug-likeness (QED) is 0.843. The van der Waals surface area contributed by atoms with Crippen LogP contribution in [0.15, 0.2) is 24.3 Å². The fourth-order valence-electron chi connectivity index (χ4n) is 2.24. The average molecular weight is 268 g/mol. The van der Waals surface area contributed by atoms with Crippen LogP contribution in [0.4, 0.5) is 0 Å². The van der Waals surface area contributed by atoms with Crippen molar-refractivity contribution in [1.82, 2.24) is 0 Å². The Morgan fingerprint density at radius 3 is 2.71 bits per heavy atom. The predicted molar refractivity (Wildman–Crippen MR) is 70.0 cm³/mol. The second kappa shape index (κ2) is 5.66. The molecule has 90 valence electrons. The van der Waals surface area contributed by atoms with E-state index in [1.807, 2.05) is 24.3 Å². The molecule has 0 N–H and O–H groups in total. The van der Waals surface area contributed by atoms with Gasteiger partial charge in [0.25, 0.3) is 0 Å². The Hall–Kier alpha value is -0.850. The van der Waals surface area contributed by atoms with E-state index in [1.54, 1.807) is 0 Å². The van der Waals surface area contributed by atoms with Crippen LogP contribution in [0.2, 0.25) is 5.02 Å². The molecule has 0 bridgehead atoms. The van der Waals surface area contributed by atoms with Gasteiger partial charge in [-0.3, -0.25) is 4.21 Å². The number of nitriles is 1. The van der Waals surface area contributed by atoms with E-state index in [9.17, 15) is 4.21 Å². The van der Waals surface area contributed by atoms with Crippen molar-refractivity contribution in [2.75, 3.05) is 0 Å². The van der Waals surface area contributed by atoms with Crippen LogP contribution in [0.1, 0.15) is 24.8 Å². The first-order chi connectivity index (χ1) is 8.20. The summed E-state index contributed by atoms with van der Waals surface area (Å²) in [4.78, 5) is 0. The van der Waals surface area contributed by atoms with Crippen molar-refractivity contribution < 1.29 is 4.21 Å². The van der Waals surface area contributed by atoms with Gasteiger partial charge in [0.15, 0.2) is 0 Å². The maximum Gasteiger partial charge on any atom is 0.0668 e. The molecule has 0 saturated heterocycles. The van der Waals surface area contributed by atoms with Crippen molar-refractivity contribution in [3.05, 3.63) is 34.9 Å². The zero-order valence-electron chi connectivity index (χ0n) is 9.43. The van der Waals surface area contributed by atoms with Crippen LogP contribution in [-0.4, -0.2) is 9.46 Å². The SMILES string of the molecule is N#CC1CCCC1S(=O)Cc1ccc(Cl)cc1. The highest BCUT2D eigenvalue weighted by atomic mass is 35.5. The summed E-state index contributed by atoms with van der Waals surface area (Å²) in [5.41, 5.74) is 1.02. The van der Waals surface area contributed by atoms with Gasteiger partial charge in [0.1, 0.15) is 0 Å². The number of halogens is 1. The Balaban J connectivity index is 2.02. The largest absolute Gasteiger partial charge is 0.259 e. The monoisotopic (exact) mass is 267 g/mol. The average Bonchev–Trinajstić information content (AvgIpc) is 2.80. The zero-order chi connectivity index (χ0) is 12.3. The third kappa shape index (κ3) is 3.08. The lowest BCUT2D eigenvalue weighted by atomic mass is 10.1. The summed E-state index contributed by atoms with van der Waals surface area (Å²) in [5.74, 6) is 0.503. The highest BCUT2D eigenvalue weighted by Gasteiger charge is 2.31. The third-order valence-electron chi connectivity index (χ3n) is 3.18. The van der Waals surface area contributed by atoms with Gasteiger partial charge >= 0.3 is 0 Å². The molecule has 0 aromatic heterocycles. The van der Waals surface area contributed by atoms with Gasteiger partial charge in [0.05, 0.1) is 17.2 Å². The van der Waals surface area contributed by atoms with Crippen molar-refractivity contribution in [2.24, 2.45) is 5.92 Å². The Morgan fingerprint density at radius 1 is 1.35 bits per heavy atom. The van der Waals surface area contributed by atoms with E-state index in [0.717, 1.165) is 24.8 Å². The molecule has 1 aromatic rings. The molecule has 1 saturated carbocycles. The number of nitrogens with zero attached hydrogens (tertiary/aromatic N) is 1. The van der Waals surface area contributed by atoms with Crippen molar-refractivity contribution in [2.45, 2.75) is 30.3 Å². The molecule has 1 aromatic carbocycles. The summed E-state index contributed by atoms with van der Waals surface area (Å²) in [6, 6.07) is 9.69. The number of hydrogen-bond acceptors (Lipinski definition) is 2. The van der Waals surface area contributed by atoms with Crippen molar-refractivity contribution in [1.29, 1.82) is 5.26 Å². The van der Waals surface area contributed by atoms with Gasteiger partial charge < -0.3 is 0 Å². The van der Waals surface area contributed by atoms with E-state index in [0.29, 0.717) is 10.8 Å². The molecule has 1 aliphatic rings. The van der Waals surface area contributed by atoms with Crippen LogP contribution >= 0.6 is 11.6 Å². The van der Waals surface area contributed by atoms with Crippen LogP contribution in [0, 0.1) is 17.2 Å². The minimum atomic E-state index is -0.948. The van der Waals surface area contributed by atoms with Gasteiger partial charge in [0.2, 0.25) is 0 Å². The molecule has 1 aliphatic carbocycles. The van der Waals surface area contributed by atoms with Crippen molar-refractivity contribution in [3.8, 4) is 6.07 Å². The molecule has 2 rings (SSSR count). The van der Waals surface area contributed by atoms with Crippen LogP contribution in [0.5, 0.6) is 0 Å². The molecule has 3 atom stereocenters. The minimum Gasteiger partial charge on any atom is -0.259 e. The molecule has 0 aliphatic heterocycles. The van der Waals surface area contributed by atoms with Crippen LogP contribution < -0.4 is 0 Å². The molecular formula is C13H14ClNOS. The maximum atomic E-state index is 12.2. The first-order valence-electron chi connectivity index (χ1n) is 5.72. The highest BCUT2D eigenvalue weighted by molar-refractivity contribution is 7.84. The summed E-state index contributed by atoms with van der Waals surface area (Å²) in [5, 5.41) is 9.73. The Kier molecular flexibility index (Phi) is 4.20. The van der Waals surface area contributed by atoms with E-state index in [1.165, 1.54) is 0 Å². The van der Waals surface area contributed by atoms with Gasteiger partial charge in [-0.2, -0.15) is 5.26 Å². The number of hydrogen-bond donors (Lipinski definition) is 0. The summed E-state index contributed by atoms with van der Waals surface area (Å²) < 4.78 is 12.2. The van der Waals surface area contributed by atoms with Gasteiger partial charge in [0, 0.05) is 21.6 Å². The van der Waals surface area contributed by atoms with Crippen LogP contribution in [0.3, 0.4) is 0 Å². The molecule has 0 amide bonds. The third-order valence-corrected chi connectivity index (χ3v) is 5.29. The van der Waals surface area contributed by atoms with Gasteiger partial charge in [-0.1, -0.05) is 30.2 Å². The van der Waals surface area contributed by atoms with Crippen molar-refractivity contribution >= 4 is 22.4 Å². The van der Waals surface area contributed by atoms with E-state index in [2.05, 4.69) is 6.07 Å². The predicted octanol–water partition coefficient (Wildman–Crippen LogP) is 3.28. The smallest absolute Gasteiger partial charge is 0.0668 e. The topological polar surface area (TPSA) is 40.9 Å². The first kappa shape index (κ1) is 12.6. The molecular weight excluding hydrogens is 254 g/mol. The van der Waals surface area contributed by atoms with Crippen LogP contribution in [0.25, 0.3) is 0 Å². The van der Waals surface area contributed by atoms with E-state index in [4.69, 9.17) is 16.9 Å². The number of rotatable bonds is 3. The van der Waals surface area contributed by atoms with Gasteiger partial charge in [-0.25, -0.2) is 0 Å². The lowest BCUT2D eigenvalue weighted by Gasteiger charge is -2.12. The summed E-state index contributed by atoms with van der Waals surface area (Å²) in [7, 11) is -0.948. The van der Waals surface area contributed by atoms with Gasteiger partial charge in [-0.15, -0.1) is 0 Å². The molecule has 2 nitrogen and oxygen atoms in total. The van der Waals surface area contributed by atoms with E-state index in [-0.39, 0.29) is 11.2 Å². The normalized spacial score (nSPS) is 25.4.